The summed E-state index contributed by atoms with van der Waals surface area (Å²) in [6.45, 7) is 13.5. The number of fused-ring (bicyclic) bond motifs is 3. The summed E-state index contributed by atoms with van der Waals surface area (Å²) in [4.78, 5) is 4.82. The number of ether oxygens (including phenoxy) is 1. The summed E-state index contributed by atoms with van der Waals surface area (Å²) in [5, 5.41) is 7.41. The summed E-state index contributed by atoms with van der Waals surface area (Å²) in [5.74, 6) is 4.10. The average molecular weight is 595 g/mol. The molecule has 0 radical (unpaired) electrons. The van der Waals surface area contributed by atoms with Crippen LogP contribution in [-0.4, -0.2) is 19.3 Å². The fourth-order valence-electron chi connectivity index (χ4n) is 7.44. The fourth-order valence-corrected chi connectivity index (χ4v) is 7.44. The van der Waals surface area contributed by atoms with Gasteiger partial charge in [-0.25, -0.2) is 9.67 Å². The molecule has 3 heterocycles. The smallest absolute Gasteiger partial charge is 0.137 e. The van der Waals surface area contributed by atoms with Crippen molar-refractivity contribution in [2.75, 3.05) is 0 Å². The van der Waals surface area contributed by atoms with E-state index in [1.165, 1.54) is 46.0 Å². The van der Waals surface area contributed by atoms with Crippen molar-refractivity contribution in [3.8, 4) is 23.0 Å². The van der Waals surface area contributed by atoms with E-state index in [1.54, 1.807) is 0 Å². The molecular weight excluding hydrogens is 552 g/mol. The van der Waals surface area contributed by atoms with Crippen molar-refractivity contribution in [2.45, 2.75) is 66.7 Å². The lowest BCUT2D eigenvalue weighted by Gasteiger charge is -2.29. The van der Waals surface area contributed by atoms with E-state index in [4.69, 9.17) is 14.8 Å². The molecule has 45 heavy (non-hydrogen) atoms. The number of aromatic nitrogens is 4. The Kier molecular flexibility index (Phi) is 7.56. The predicted molar refractivity (Wildman–Crippen MR) is 185 cm³/mol. The highest BCUT2D eigenvalue weighted by Crippen LogP contribution is 2.42. The van der Waals surface area contributed by atoms with Crippen LogP contribution in [0.4, 0.5) is 0 Å². The third-order valence-corrected chi connectivity index (χ3v) is 9.43. The van der Waals surface area contributed by atoms with Crippen LogP contribution >= 0.6 is 0 Å². The Morgan fingerprint density at radius 1 is 0.867 bits per heavy atom. The molecule has 0 spiro atoms. The van der Waals surface area contributed by atoms with Crippen LogP contribution in [0, 0.1) is 25.7 Å². The molecule has 228 valence electrons. The van der Waals surface area contributed by atoms with Gasteiger partial charge in [-0.1, -0.05) is 56.7 Å². The van der Waals surface area contributed by atoms with Gasteiger partial charge in [0.15, 0.2) is 0 Å². The van der Waals surface area contributed by atoms with Crippen molar-refractivity contribution in [1.29, 1.82) is 0 Å². The van der Waals surface area contributed by atoms with E-state index >= 15 is 0 Å². The normalized spacial score (nSPS) is 16.9. The molecule has 0 saturated heterocycles. The van der Waals surface area contributed by atoms with Gasteiger partial charge in [0.05, 0.1) is 22.4 Å². The lowest BCUT2D eigenvalue weighted by molar-refractivity contribution is 0.447. The van der Waals surface area contributed by atoms with Gasteiger partial charge in [0, 0.05) is 46.3 Å². The Morgan fingerprint density at radius 2 is 1.67 bits per heavy atom. The molecule has 0 bridgehead atoms. The molecule has 3 aromatic carbocycles. The minimum absolute atomic E-state index is 0.422. The van der Waals surface area contributed by atoms with Gasteiger partial charge in [-0.15, -0.1) is 0 Å². The topological polar surface area (TPSA) is 44.9 Å². The maximum absolute atomic E-state index is 6.56. The molecule has 1 aliphatic carbocycles. The van der Waals surface area contributed by atoms with Crippen LogP contribution in [-0.2, 0) is 6.42 Å². The van der Waals surface area contributed by atoms with Crippen molar-refractivity contribution < 1.29 is 4.74 Å². The molecule has 3 aromatic heterocycles. The molecule has 0 amide bonds. The number of benzene rings is 3. The quantitative estimate of drug-likeness (QED) is 0.173. The summed E-state index contributed by atoms with van der Waals surface area (Å²) in [5.41, 5.74) is 9.65. The molecule has 6 aromatic rings. The first kappa shape index (κ1) is 29.1. The van der Waals surface area contributed by atoms with Crippen LogP contribution in [0.1, 0.15) is 69.0 Å². The minimum Gasteiger partial charge on any atom is -0.457 e. The molecule has 7 rings (SSSR count). The molecule has 0 fully saturated rings. The highest BCUT2D eigenvalue weighted by Gasteiger charge is 2.29. The monoisotopic (exact) mass is 594 g/mol. The summed E-state index contributed by atoms with van der Waals surface area (Å²) in [6.07, 6.45) is 7.74. The van der Waals surface area contributed by atoms with E-state index in [-0.39, 0.29) is 0 Å². The third kappa shape index (κ3) is 5.35. The van der Waals surface area contributed by atoms with Gasteiger partial charge in [0.25, 0.3) is 0 Å². The van der Waals surface area contributed by atoms with Gasteiger partial charge in [-0.2, -0.15) is 5.10 Å². The SMILES string of the molecule is CC1=CCC[C@H](C)C1c1c(C)nn(-c2cccc(Oc3ccc4c5ccccc5n(-c5cc(CC(C)C)ccn5)c4c3)c2)c1C. The number of hydrogen-bond donors (Lipinski definition) is 0. The third-order valence-electron chi connectivity index (χ3n) is 9.43. The number of nitrogens with zero attached hydrogens (tertiary/aromatic N) is 4. The molecule has 2 atom stereocenters. The van der Waals surface area contributed by atoms with Crippen LogP contribution in [0.15, 0.2) is 96.7 Å². The van der Waals surface area contributed by atoms with E-state index in [9.17, 15) is 0 Å². The Balaban J connectivity index is 1.26. The first-order valence-corrected chi connectivity index (χ1v) is 16.3. The van der Waals surface area contributed by atoms with Crippen LogP contribution in [0.25, 0.3) is 33.3 Å². The average Bonchev–Trinajstić information content (AvgIpc) is 3.50. The fraction of sp³-hybridized carbons (Fsp3) is 0.300. The van der Waals surface area contributed by atoms with Crippen molar-refractivity contribution >= 4 is 21.8 Å². The molecule has 5 heteroatoms. The summed E-state index contributed by atoms with van der Waals surface area (Å²) in [6, 6.07) is 27.5. The molecule has 0 saturated carbocycles. The van der Waals surface area contributed by atoms with Gasteiger partial charge in [-0.3, -0.25) is 4.57 Å². The standard InChI is InChI=1S/C40H42N4O/c1-25(2)21-30-19-20-41-38(22-30)43-36-16-8-7-15-34(36)35-18-17-33(24-37(35)43)45-32-14-10-13-31(23-32)44-29(6)40(28(5)42-44)39-26(3)11-9-12-27(39)4/h7-8,10-11,13-20,22-25,27,39H,9,12,21H2,1-6H3/t27-,39?/m0/s1. The van der Waals surface area contributed by atoms with E-state index < -0.39 is 0 Å². The zero-order chi connectivity index (χ0) is 31.2. The summed E-state index contributed by atoms with van der Waals surface area (Å²) < 4.78 is 10.9. The van der Waals surface area contributed by atoms with Crippen molar-refractivity contribution in [2.24, 2.45) is 11.8 Å². The molecule has 0 aliphatic heterocycles. The van der Waals surface area contributed by atoms with Crippen molar-refractivity contribution in [3.63, 3.8) is 0 Å². The largest absolute Gasteiger partial charge is 0.457 e. The number of allylic oxidation sites excluding steroid dienone is 2. The number of pyridine rings is 1. The van der Waals surface area contributed by atoms with E-state index in [2.05, 4.69) is 130 Å². The van der Waals surface area contributed by atoms with E-state index in [0.717, 1.165) is 46.2 Å². The highest BCUT2D eigenvalue weighted by atomic mass is 16.5. The van der Waals surface area contributed by atoms with Gasteiger partial charge >= 0.3 is 0 Å². The Hall–Kier alpha value is -4.64. The molecular formula is C40H42N4O. The second kappa shape index (κ2) is 11.7. The van der Waals surface area contributed by atoms with Gasteiger partial charge in [0.2, 0.25) is 0 Å². The van der Waals surface area contributed by atoms with Crippen LogP contribution in [0.3, 0.4) is 0 Å². The van der Waals surface area contributed by atoms with Gasteiger partial charge in [-0.05, 0) is 99.9 Å². The van der Waals surface area contributed by atoms with Crippen LogP contribution < -0.4 is 4.74 Å². The second-order valence-electron chi connectivity index (χ2n) is 13.2. The van der Waals surface area contributed by atoms with Crippen molar-refractivity contribution in [1.82, 2.24) is 19.3 Å². The minimum atomic E-state index is 0.422. The number of hydrogen-bond acceptors (Lipinski definition) is 3. The first-order valence-electron chi connectivity index (χ1n) is 16.3. The number of aryl methyl sites for hydroxylation is 1. The van der Waals surface area contributed by atoms with Gasteiger partial charge < -0.3 is 4.74 Å². The molecule has 5 nitrogen and oxygen atoms in total. The molecule has 1 unspecified atom stereocenters. The summed E-state index contributed by atoms with van der Waals surface area (Å²) >= 11 is 0. The zero-order valence-electron chi connectivity index (χ0n) is 27.2. The Morgan fingerprint density at radius 3 is 2.49 bits per heavy atom. The van der Waals surface area contributed by atoms with Crippen LogP contribution in [0.5, 0.6) is 11.5 Å². The number of para-hydroxylation sites is 1. The Bertz CT molecular complexity index is 2060. The number of rotatable bonds is 7. The second-order valence-corrected chi connectivity index (χ2v) is 13.2. The highest BCUT2D eigenvalue weighted by molar-refractivity contribution is 6.09. The van der Waals surface area contributed by atoms with Gasteiger partial charge in [0.1, 0.15) is 17.3 Å². The maximum atomic E-state index is 6.56. The predicted octanol–water partition coefficient (Wildman–Crippen LogP) is 10.4. The lowest BCUT2D eigenvalue weighted by Crippen LogP contribution is -2.16. The maximum Gasteiger partial charge on any atom is 0.137 e. The Labute approximate surface area is 266 Å². The zero-order valence-corrected chi connectivity index (χ0v) is 27.2. The van der Waals surface area contributed by atoms with Crippen molar-refractivity contribution in [3.05, 3.63) is 119 Å². The lowest BCUT2D eigenvalue weighted by atomic mass is 9.75. The molecule has 0 N–H and O–H groups in total. The van der Waals surface area contributed by atoms with E-state index in [0.29, 0.717) is 17.8 Å². The van der Waals surface area contributed by atoms with E-state index in [1.807, 2.05) is 12.3 Å². The first-order chi connectivity index (χ1) is 21.8. The molecule has 1 aliphatic rings. The summed E-state index contributed by atoms with van der Waals surface area (Å²) in [7, 11) is 0. The van der Waals surface area contributed by atoms with Crippen LogP contribution in [0.2, 0.25) is 0 Å².